The molecule has 15 heteroatoms. The van der Waals surface area contributed by atoms with Crippen LogP contribution in [0.1, 0.15) is 20.7 Å². The molecule has 0 atom stereocenters. The van der Waals surface area contributed by atoms with E-state index >= 15 is 0 Å². The number of nitrogens with zero attached hydrogens (tertiary/aromatic N) is 2. The number of non-ortho nitro benzene ring substituents is 2. The van der Waals surface area contributed by atoms with Crippen LogP contribution in [0.4, 0.5) is 11.4 Å². The first-order chi connectivity index (χ1) is 15.7. The largest absolute Gasteiger partial charge is 0.658 e. The van der Waals surface area contributed by atoms with Gasteiger partial charge in [0.25, 0.3) is 11.4 Å². The fourth-order valence-electron chi connectivity index (χ4n) is 2.35. The number of nitro groups is 2. The molecule has 0 aliphatic heterocycles. The highest BCUT2D eigenvalue weighted by Gasteiger charge is 2.19. The number of hydrogen-bond acceptors (Lipinski definition) is 12. The summed E-state index contributed by atoms with van der Waals surface area (Å²) < 4.78 is 20.0. The van der Waals surface area contributed by atoms with E-state index in [0.29, 0.717) is 7.69 Å². The van der Waals surface area contributed by atoms with E-state index in [9.17, 15) is 29.8 Å². The highest BCUT2D eigenvalue weighted by molar-refractivity contribution is 6.20. The summed E-state index contributed by atoms with van der Waals surface area (Å²) in [5.41, 5.74) is 9.27. The van der Waals surface area contributed by atoms with Gasteiger partial charge in [-0.25, -0.2) is 9.59 Å². The minimum absolute atomic E-state index is 0.0661. The van der Waals surface area contributed by atoms with Gasteiger partial charge in [0.15, 0.2) is 0 Å². The number of rotatable bonds is 12. The first kappa shape index (κ1) is 25.0. The SMILES string of the molecule is NCCOC(=O)c1cc(O[B]Oc2cc(C(=O)OCCN)cc([N+](=O)[O-])c2)cc([N+](=O)[O-])c1. The minimum Gasteiger partial charge on any atom is -0.526 e. The molecule has 14 nitrogen and oxygen atoms in total. The summed E-state index contributed by atoms with van der Waals surface area (Å²) in [6.45, 7) is -0.0429. The second-order valence-electron chi connectivity index (χ2n) is 6.13. The first-order valence-corrected chi connectivity index (χ1v) is 9.23. The van der Waals surface area contributed by atoms with Crippen LogP contribution in [0.2, 0.25) is 0 Å². The van der Waals surface area contributed by atoms with Gasteiger partial charge in [0.2, 0.25) is 0 Å². The zero-order valence-electron chi connectivity index (χ0n) is 17.0. The van der Waals surface area contributed by atoms with Gasteiger partial charge in [-0.05, 0) is 12.1 Å². The molecule has 0 bridgehead atoms. The lowest BCUT2D eigenvalue weighted by Crippen LogP contribution is -2.15. The Bertz CT molecular complexity index is 967. The maximum Gasteiger partial charge on any atom is 0.658 e. The van der Waals surface area contributed by atoms with Crippen LogP contribution in [-0.4, -0.2) is 55.8 Å². The molecular formula is C18H18BN4O10. The van der Waals surface area contributed by atoms with E-state index in [4.69, 9.17) is 30.2 Å². The van der Waals surface area contributed by atoms with Gasteiger partial charge in [-0.1, -0.05) is 0 Å². The van der Waals surface area contributed by atoms with Gasteiger partial charge in [-0.15, -0.1) is 0 Å². The molecule has 0 spiro atoms. The molecule has 0 aliphatic rings. The lowest BCUT2D eigenvalue weighted by Gasteiger charge is -2.10. The van der Waals surface area contributed by atoms with Crippen LogP contribution in [-0.2, 0) is 9.47 Å². The maximum atomic E-state index is 12.0. The topological polar surface area (TPSA) is 209 Å². The number of nitrogens with two attached hydrogens (primary N) is 2. The van der Waals surface area contributed by atoms with Crippen molar-refractivity contribution in [3.63, 3.8) is 0 Å². The summed E-state index contributed by atoms with van der Waals surface area (Å²) in [5.74, 6) is -2.02. The lowest BCUT2D eigenvalue weighted by atomic mass is 10.1. The monoisotopic (exact) mass is 461 g/mol. The number of nitro benzene ring substituents is 2. The van der Waals surface area contributed by atoms with Gasteiger partial charge in [-0.3, -0.25) is 20.2 Å². The molecule has 33 heavy (non-hydrogen) atoms. The summed E-state index contributed by atoms with van der Waals surface area (Å²) in [7, 11) is 0.710. The van der Waals surface area contributed by atoms with Gasteiger partial charge in [0.05, 0.1) is 33.1 Å². The molecule has 0 amide bonds. The lowest BCUT2D eigenvalue weighted by molar-refractivity contribution is -0.385. The second kappa shape index (κ2) is 12.0. The Morgan fingerprint density at radius 1 is 0.758 bits per heavy atom. The molecule has 2 aromatic rings. The van der Waals surface area contributed by atoms with E-state index < -0.39 is 33.2 Å². The number of carbonyl (C=O) groups excluding carboxylic acids is 2. The number of benzene rings is 2. The molecule has 0 saturated heterocycles. The van der Waals surface area contributed by atoms with E-state index in [1.165, 1.54) is 0 Å². The summed E-state index contributed by atoms with van der Waals surface area (Å²) in [5, 5.41) is 22.3. The van der Waals surface area contributed by atoms with E-state index in [-0.39, 0.29) is 48.9 Å². The van der Waals surface area contributed by atoms with Crippen LogP contribution in [0, 0.1) is 20.2 Å². The Hall–Kier alpha value is -4.24. The molecule has 0 heterocycles. The number of carbonyl (C=O) groups is 2. The Kier molecular flexibility index (Phi) is 9.08. The quantitative estimate of drug-likeness (QED) is 0.194. The third-order valence-electron chi connectivity index (χ3n) is 3.75. The molecule has 0 aromatic heterocycles. The highest BCUT2D eigenvalue weighted by Crippen LogP contribution is 2.25. The molecule has 2 rings (SSSR count). The third kappa shape index (κ3) is 7.44. The zero-order valence-corrected chi connectivity index (χ0v) is 17.0. The van der Waals surface area contributed by atoms with Crippen molar-refractivity contribution in [2.45, 2.75) is 0 Å². The molecular weight excluding hydrogens is 443 g/mol. The summed E-state index contributed by atoms with van der Waals surface area (Å²) in [6, 6.07) is 6.34. The van der Waals surface area contributed by atoms with Gasteiger partial charge in [0.1, 0.15) is 24.7 Å². The van der Waals surface area contributed by atoms with Crippen LogP contribution >= 0.6 is 0 Å². The van der Waals surface area contributed by atoms with Gasteiger partial charge < -0.3 is 30.2 Å². The smallest absolute Gasteiger partial charge is 0.526 e. The zero-order chi connectivity index (χ0) is 24.4. The Morgan fingerprint density at radius 3 is 1.48 bits per heavy atom. The Morgan fingerprint density at radius 2 is 1.15 bits per heavy atom. The van der Waals surface area contributed by atoms with Crippen LogP contribution in [0.25, 0.3) is 0 Å². The molecule has 2 aromatic carbocycles. The van der Waals surface area contributed by atoms with Crippen LogP contribution in [0.5, 0.6) is 11.5 Å². The number of ether oxygens (including phenoxy) is 2. The molecule has 0 fully saturated rings. The van der Waals surface area contributed by atoms with E-state index in [1.807, 2.05) is 0 Å². The average molecular weight is 461 g/mol. The predicted molar refractivity (Wildman–Crippen MR) is 112 cm³/mol. The van der Waals surface area contributed by atoms with Crippen molar-refractivity contribution in [2.24, 2.45) is 11.5 Å². The first-order valence-electron chi connectivity index (χ1n) is 9.23. The van der Waals surface area contributed by atoms with Gasteiger partial charge in [-0.2, -0.15) is 0 Å². The van der Waals surface area contributed by atoms with Crippen molar-refractivity contribution in [1.82, 2.24) is 0 Å². The fourth-order valence-corrected chi connectivity index (χ4v) is 2.35. The maximum absolute atomic E-state index is 12.0. The van der Waals surface area contributed by atoms with Crippen molar-refractivity contribution < 1.29 is 38.2 Å². The molecule has 173 valence electrons. The van der Waals surface area contributed by atoms with E-state index in [0.717, 1.165) is 36.4 Å². The third-order valence-corrected chi connectivity index (χ3v) is 3.75. The number of esters is 2. The van der Waals surface area contributed by atoms with E-state index in [2.05, 4.69) is 0 Å². The van der Waals surface area contributed by atoms with Crippen molar-refractivity contribution >= 4 is 31.0 Å². The number of hydrogen-bond donors (Lipinski definition) is 2. The highest BCUT2D eigenvalue weighted by atomic mass is 16.6. The van der Waals surface area contributed by atoms with Gasteiger partial charge >= 0.3 is 19.6 Å². The van der Waals surface area contributed by atoms with Gasteiger partial charge in [0, 0.05) is 25.2 Å². The predicted octanol–water partition coefficient (Wildman–Crippen LogP) is 0.726. The van der Waals surface area contributed by atoms with Crippen molar-refractivity contribution in [3.8, 4) is 11.5 Å². The normalized spacial score (nSPS) is 10.1. The molecule has 1 radical (unpaired) electrons. The molecule has 4 N–H and O–H groups in total. The summed E-state index contributed by atoms with van der Waals surface area (Å²) >= 11 is 0. The van der Waals surface area contributed by atoms with Crippen molar-refractivity contribution in [1.29, 1.82) is 0 Å². The van der Waals surface area contributed by atoms with E-state index in [1.54, 1.807) is 0 Å². The van der Waals surface area contributed by atoms with Crippen LogP contribution in [0.3, 0.4) is 0 Å². The Balaban J connectivity index is 2.18. The molecule has 0 aliphatic carbocycles. The minimum atomic E-state index is -0.853. The standard InChI is InChI=1S/C18H18BN4O10/c20-1-3-30-17(24)11-5-13(22(26)27)9-15(7-11)32-19-33-16-8-12(18(25)31-4-2-21)6-14(10-16)23(28)29/h5-10H,1-4,20-21H2. The average Bonchev–Trinajstić information content (AvgIpc) is 2.80. The van der Waals surface area contributed by atoms with Crippen molar-refractivity contribution in [3.05, 3.63) is 67.8 Å². The molecule has 0 saturated carbocycles. The molecule has 0 unspecified atom stereocenters. The second-order valence-corrected chi connectivity index (χ2v) is 6.13. The summed E-state index contributed by atoms with van der Waals surface area (Å²) in [6.07, 6.45) is 0. The fraction of sp³-hybridized carbons (Fsp3) is 0.222. The van der Waals surface area contributed by atoms with Crippen LogP contribution < -0.4 is 20.8 Å². The summed E-state index contributed by atoms with van der Waals surface area (Å²) in [4.78, 5) is 44.8. The van der Waals surface area contributed by atoms with Crippen molar-refractivity contribution in [2.75, 3.05) is 26.3 Å². The van der Waals surface area contributed by atoms with Crippen LogP contribution in [0.15, 0.2) is 36.4 Å². The Labute approximate surface area is 186 Å².